The maximum Gasteiger partial charge on any atom is 0.335 e. The first-order valence-corrected chi connectivity index (χ1v) is 4.48. The van der Waals surface area contributed by atoms with Gasteiger partial charge in [0.25, 0.3) is 0 Å². The molecule has 0 aromatic carbocycles. The third-order valence-electron chi connectivity index (χ3n) is 1.32. The van der Waals surface area contributed by atoms with E-state index in [0.29, 0.717) is 12.2 Å². The van der Waals surface area contributed by atoms with Crippen LogP contribution in [0, 0.1) is 0 Å². The van der Waals surface area contributed by atoms with Crippen molar-refractivity contribution < 1.29 is 9.53 Å². The number of rotatable bonds is 3. The fourth-order valence-corrected chi connectivity index (χ4v) is 0.629. The van der Waals surface area contributed by atoms with Crippen LogP contribution in [0.15, 0.2) is 11.8 Å². The Hall–Kier alpha value is -0.990. The number of carbonyl (C=O) groups excluding carboxylic acids is 1. The molecule has 13 heavy (non-hydrogen) atoms. The molecule has 0 aliphatic carbocycles. The van der Waals surface area contributed by atoms with E-state index in [2.05, 4.69) is 5.32 Å². The smallest absolute Gasteiger partial charge is 0.335 e. The lowest BCUT2D eigenvalue weighted by atomic mass is 10.1. The minimum atomic E-state index is -0.265. The van der Waals surface area contributed by atoms with E-state index < -0.39 is 0 Å². The summed E-state index contributed by atoms with van der Waals surface area (Å²) in [5, 5.41) is 3.10. The molecule has 0 atom stereocenters. The van der Waals surface area contributed by atoms with Gasteiger partial charge in [0.05, 0.1) is 6.61 Å². The number of nitrogens with one attached hydrogen (secondary N) is 1. The highest BCUT2D eigenvalue weighted by Crippen LogP contribution is 2.01. The Morgan fingerprint density at radius 2 is 2.00 bits per heavy atom. The summed E-state index contributed by atoms with van der Waals surface area (Å²) >= 11 is 0. The van der Waals surface area contributed by atoms with Crippen molar-refractivity contribution in [3.05, 3.63) is 11.8 Å². The molecular weight excluding hydrogens is 166 g/mol. The Kier molecular flexibility index (Phi) is 4.52. The number of esters is 1. The standard InChI is InChI=1S/C10H19NO2/c1-6-13-9(12)8(2)7-11-10(3,4)5/h7,11H,6H2,1-5H3/b8-7+. The van der Waals surface area contributed by atoms with Crippen molar-refractivity contribution in [3.8, 4) is 0 Å². The van der Waals surface area contributed by atoms with Gasteiger partial charge in [0.1, 0.15) is 0 Å². The molecule has 76 valence electrons. The molecule has 0 aliphatic rings. The van der Waals surface area contributed by atoms with E-state index in [-0.39, 0.29) is 11.5 Å². The second-order valence-corrected chi connectivity index (χ2v) is 3.94. The number of carbonyl (C=O) groups is 1. The van der Waals surface area contributed by atoms with E-state index in [1.54, 1.807) is 20.0 Å². The first kappa shape index (κ1) is 12.0. The number of hydrogen-bond acceptors (Lipinski definition) is 3. The summed E-state index contributed by atoms with van der Waals surface area (Å²) in [6, 6.07) is 0. The van der Waals surface area contributed by atoms with Gasteiger partial charge in [0.2, 0.25) is 0 Å². The van der Waals surface area contributed by atoms with Gasteiger partial charge in [-0.3, -0.25) is 0 Å². The summed E-state index contributed by atoms with van der Waals surface area (Å²) in [4.78, 5) is 11.1. The van der Waals surface area contributed by atoms with Crippen LogP contribution in [0.3, 0.4) is 0 Å². The topological polar surface area (TPSA) is 38.3 Å². The summed E-state index contributed by atoms with van der Waals surface area (Å²) < 4.78 is 4.82. The van der Waals surface area contributed by atoms with Crippen molar-refractivity contribution >= 4 is 5.97 Å². The molecule has 0 rings (SSSR count). The van der Waals surface area contributed by atoms with Crippen LogP contribution in [-0.2, 0) is 9.53 Å². The third-order valence-corrected chi connectivity index (χ3v) is 1.32. The number of hydrogen-bond donors (Lipinski definition) is 1. The van der Waals surface area contributed by atoms with Gasteiger partial charge in [0, 0.05) is 17.3 Å². The minimum Gasteiger partial charge on any atom is -0.463 e. The first-order chi connectivity index (χ1) is 5.87. The normalized spacial score (nSPS) is 12.5. The Balaban J connectivity index is 4.09. The zero-order valence-corrected chi connectivity index (χ0v) is 9.10. The summed E-state index contributed by atoms with van der Waals surface area (Å²) in [5.41, 5.74) is 0.574. The average Bonchev–Trinajstić information content (AvgIpc) is 1.99. The second kappa shape index (κ2) is 4.90. The maximum atomic E-state index is 11.1. The molecule has 1 N–H and O–H groups in total. The van der Waals surface area contributed by atoms with E-state index >= 15 is 0 Å². The van der Waals surface area contributed by atoms with Crippen LogP contribution in [0.25, 0.3) is 0 Å². The Morgan fingerprint density at radius 1 is 1.46 bits per heavy atom. The van der Waals surface area contributed by atoms with Gasteiger partial charge in [-0.25, -0.2) is 4.79 Å². The first-order valence-electron chi connectivity index (χ1n) is 4.48. The molecule has 0 saturated carbocycles. The fourth-order valence-electron chi connectivity index (χ4n) is 0.629. The van der Waals surface area contributed by atoms with Gasteiger partial charge in [-0.15, -0.1) is 0 Å². The van der Waals surface area contributed by atoms with Crippen LogP contribution < -0.4 is 5.32 Å². The van der Waals surface area contributed by atoms with Crippen LogP contribution in [0.5, 0.6) is 0 Å². The molecular formula is C10H19NO2. The molecule has 0 aromatic heterocycles. The van der Waals surface area contributed by atoms with Crippen molar-refractivity contribution in [3.63, 3.8) is 0 Å². The zero-order chi connectivity index (χ0) is 10.5. The quantitative estimate of drug-likeness (QED) is 0.538. The van der Waals surface area contributed by atoms with E-state index in [1.165, 1.54) is 0 Å². The molecule has 0 fully saturated rings. The van der Waals surface area contributed by atoms with Crippen LogP contribution >= 0.6 is 0 Å². The van der Waals surface area contributed by atoms with Gasteiger partial charge < -0.3 is 10.1 Å². The maximum absolute atomic E-state index is 11.1. The van der Waals surface area contributed by atoms with Crippen molar-refractivity contribution in [2.24, 2.45) is 0 Å². The molecule has 0 aromatic rings. The van der Waals surface area contributed by atoms with Crippen LogP contribution in [-0.4, -0.2) is 18.1 Å². The predicted octanol–water partition coefficient (Wildman–Crippen LogP) is 1.84. The van der Waals surface area contributed by atoms with E-state index in [4.69, 9.17) is 4.74 Å². The molecule has 3 nitrogen and oxygen atoms in total. The molecule has 3 heteroatoms. The Morgan fingerprint density at radius 3 is 2.38 bits per heavy atom. The summed E-state index contributed by atoms with van der Waals surface area (Å²) in [5.74, 6) is -0.265. The highest BCUT2D eigenvalue weighted by atomic mass is 16.5. The molecule has 0 amide bonds. The molecule has 0 bridgehead atoms. The molecule has 0 heterocycles. The lowest BCUT2D eigenvalue weighted by Crippen LogP contribution is -2.31. The van der Waals surface area contributed by atoms with Gasteiger partial charge in [-0.05, 0) is 34.6 Å². The highest BCUT2D eigenvalue weighted by Gasteiger charge is 2.08. The van der Waals surface area contributed by atoms with Crippen LogP contribution in [0.2, 0.25) is 0 Å². The third kappa shape index (κ3) is 6.20. The Labute approximate surface area is 80.2 Å². The average molecular weight is 185 g/mol. The largest absolute Gasteiger partial charge is 0.463 e. The second-order valence-electron chi connectivity index (χ2n) is 3.94. The van der Waals surface area contributed by atoms with E-state index in [0.717, 1.165) is 0 Å². The Bertz CT molecular complexity index is 201. The van der Waals surface area contributed by atoms with Gasteiger partial charge in [-0.1, -0.05) is 0 Å². The minimum absolute atomic E-state index is 0.0201. The van der Waals surface area contributed by atoms with Gasteiger partial charge in [-0.2, -0.15) is 0 Å². The van der Waals surface area contributed by atoms with Gasteiger partial charge in [0.15, 0.2) is 0 Å². The lowest BCUT2D eigenvalue weighted by Gasteiger charge is -2.19. The number of ether oxygens (including phenoxy) is 1. The zero-order valence-electron chi connectivity index (χ0n) is 9.10. The van der Waals surface area contributed by atoms with E-state index in [1.807, 2.05) is 20.8 Å². The fraction of sp³-hybridized carbons (Fsp3) is 0.700. The van der Waals surface area contributed by atoms with Crippen molar-refractivity contribution in [2.75, 3.05) is 6.61 Å². The van der Waals surface area contributed by atoms with Crippen molar-refractivity contribution in [1.29, 1.82) is 0 Å². The van der Waals surface area contributed by atoms with Gasteiger partial charge >= 0.3 is 5.97 Å². The van der Waals surface area contributed by atoms with Crippen LogP contribution in [0.4, 0.5) is 0 Å². The highest BCUT2D eigenvalue weighted by molar-refractivity contribution is 5.87. The van der Waals surface area contributed by atoms with Crippen LogP contribution in [0.1, 0.15) is 34.6 Å². The summed E-state index contributed by atoms with van der Waals surface area (Å²) in [6.07, 6.45) is 1.69. The molecule has 0 saturated heterocycles. The molecule has 0 spiro atoms. The van der Waals surface area contributed by atoms with Crippen molar-refractivity contribution in [2.45, 2.75) is 40.2 Å². The summed E-state index contributed by atoms with van der Waals surface area (Å²) in [6.45, 7) is 10.0. The molecule has 0 radical (unpaired) electrons. The van der Waals surface area contributed by atoms with E-state index in [9.17, 15) is 4.79 Å². The molecule has 0 unspecified atom stereocenters. The lowest BCUT2D eigenvalue weighted by molar-refractivity contribution is -0.138. The SMILES string of the molecule is CCOC(=O)/C(C)=C/NC(C)(C)C. The molecule has 0 aliphatic heterocycles. The monoisotopic (exact) mass is 185 g/mol. The summed E-state index contributed by atoms with van der Waals surface area (Å²) in [7, 11) is 0. The predicted molar refractivity (Wildman–Crippen MR) is 53.3 cm³/mol. The van der Waals surface area contributed by atoms with Crippen molar-refractivity contribution in [1.82, 2.24) is 5.32 Å².